The number of hydrogen-bond acceptors (Lipinski definition) is 5. The second-order valence-corrected chi connectivity index (χ2v) is 8.24. The minimum absolute atomic E-state index is 0.145. The molecule has 1 aliphatic carbocycles. The summed E-state index contributed by atoms with van der Waals surface area (Å²) >= 11 is 0. The van der Waals surface area contributed by atoms with Gasteiger partial charge in [0, 0.05) is 25.8 Å². The molecule has 0 amide bonds. The fraction of sp³-hybridized carbons (Fsp3) is 0.667. The van der Waals surface area contributed by atoms with Gasteiger partial charge in [0.25, 0.3) is 0 Å². The largest absolute Gasteiger partial charge is 0.470 e. The van der Waals surface area contributed by atoms with E-state index in [9.17, 15) is 8.42 Å². The van der Waals surface area contributed by atoms with Crippen molar-refractivity contribution in [2.24, 2.45) is 5.92 Å². The molecule has 7 heteroatoms. The van der Waals surface area contributed by atoms with Crippen molar-refractivity contribution in [3.63, 3.8) is 0 Å². The van der Waals surface area contributed by atoms with E-state index in [0.29, 0.717) is 6.54 Å². The molecule has 1 N–H and O–H groups in total. The Morgan fingerprint density at radius 2 is 2.14 bits per heavy atom. The van der Waals surface area contributed by atoms with E-state index in [2.05, 4.69) is 14.6 Å². The number of fused-ring (bicyclic) bond motifs is 2. The van der Waals surface area contributed by atoms with Gasteiger partial charge in [-0.1, -0.05) is 12.8 Å². The van der Waals surface area contributed by atoms with E-state index in [1.165, 1.54) is 25.7 Å². The minimum atomic E-state index is -3.55. The highest BCUT2D eigenvalue weighted by Gasteiger charge is 2.42. The highest BCUT2D eigenvalue weighted by Crippen LogP contribution is 2.31. The van der Waals surface area contributed by atoms with E-state index in [-0.39, 0.29) is 22.9 Å². The van der Waals surface area contributed by atoms with Gasteiger partial charge < -0.3 is 4.74 Å². The maximum absolute atomic E-state index is 12.4. The summed E-state index contributed by atoms with van der Waals surface area (Å²) in [6.45, 7) is 2.53. The fourth-order valence-electron chi connectivity index (χ4n) is 3.87. The van der Waals surface area contributed by atoms with E-state index in [4.69, 9.17) is 4.74 Å². The molecule has 2 atom stereocenters. The third kappa shape index (κ3) is 2.61. The maximum Gasteiger partial charge on any atom is 0.246 e. The van der Waals surface area contributed by atoms with Crippen molar-refractivity contribution < 1.29 is 13.2 Å². The molecule has 0 aromatic carbocycles. The molecule has 0 bridgehead atoms. The first-order valence-corrected chi connectivity index (χ1v) is 9.46. The fourth-order valence-corrected chi connectivity index (χ4v) is 5.21. The lowest BCUT2D eigenvalue weighted by Gasteiger charge is -2.20. The van der Waals surface area contributed by atoms with Gasteiger partial charge in [0.2, 0.25) is 15.9 Å². The molecule has 0 spiro atoms. The van der Waals surface area contributed by atoms with Crippen molar-refractivity contribution >= 4 is 10.0 Å². The summed E-state index contributed by atoms with van der Waals surface area (Å²) in [6, 6.07) is 2.97. The maximum atomic E-state index is 12.4. The molecule has 2 fully saturated rings. The number of ether oxygens (including phenoxy) is 1. The van der Waals surface area contributed by atoms with Crippen molar-refractivity contribution in [3.8, 4) is 5.88 Å². The second kappa shape index (κ2) is 5.47. The summed E-state index contributed by atoms with van der Waals surface area (Å²) in [5, 5.41) is 0. The Morgan fingerprint density at radius 1 is 1.32 bits per heavy atom. The molecular formula is C15H21N3O3S. The lowest BCUT2D eigenvalue weighted by atomic mass is 10.1. The van der Waals surface area contributed by atoms with Crippen LogP contribution in [-0.4, -0.2) is 50.1 Å². The van der Waals surface area contributed by atoms with Gasteiger partial charge in [-0.3, -0.25) is 4.90 Å². The molecule has 120 valence electrons. The zero-order valence-corrected chi connectivity index (χ0v) is 13.3. The zero-order chi connectivity index (χ0) is 15.2. The number of nitrogens with zero attached hydrogens (tertiary/aromatic N) is 2. The van der Waals surface area contributed by atoms with Gasteiger partial charge in [0.1, 0.15) is 11.0 Å². The van der Waals surface area contributed by atoms with Crippen LogP contribution in [0.1, 0.15) is 25.7 Å². The molecule has 1 aromatic rings. The summed E-state index contributed by atoms with van der Waals surface area (Å²) in [6.07, 6.45) is 6.65. The average molecular weight is 323 g/mol. The average Bonchev–Trinajstić information content (AvgIpc) is 3.08. The van der Waals surface area contributed by atoms with Gasteiger partial charge in [-0.05, 0) is 30.9 Å². The first-order valence-electron chi connectivity index (χ1n) is 7.98. The van der Waals surface area contributed by atoms with Crippen molar-refractivity contribution in [1.82, 2.24) is 14.6 Å². The van der Waals surface area contributed by atoms with Gasteiger partial charge >= 0.3 is 0 Å². The Bertz CT molecular complexity index is 658. The quantitative estimate of drug-likeness (QED) is 0.879. The molecule has 6 nitrogen and oxygen atoms in total. The van der Waals surface area contributed by atoms with Crippen LogP contribution in [0.3, 0.4) is 0 Å². The number of rotatable bonds is 2. The van der Waals surface area contributed by atoms with Crippen molar-refractivity contribution in [2.75, 3.05) is 19.6 Å². The SMILES string of the molecule is O=S1(=O)N[C@@H]2CN(CC3CCCC3)C[C@@H]2Oc2ncccc21. The molecule has 2 aliphatic heterocycles. The number of nitrogens with one attached hydrogen (secondary N) is 1. The molecule has 1 saturated heterocycles. The molecule has 0 radical (unpaired) electrons. The molecule has 0 unspecified atom stereocenters. The van der Waals surface area contributed by atoms with Crippen molar-refractivity contribution in [3.05, 3.63) is 18.3 Å². The summed E-state index contributed by atoms with van der Waals surface area (Å²) in [5.74, 6) is 0.981. The van der Waals surface area contributed by atoms with Crippen LogP contribution in [0.4, 0.5) is 0 Å². The highest BCUT2D eigenvalue weighted by molar-refractivity contribution is 7.89. The third-order valence-corrected chi connectivity index (χ3v) is 6.43. The molecular weight excluding hydrogens is 302 g/mol. The van der Waals surface area contributed by atoms with Gasteiger partial charge in [-0.15, -0.1) is 0 Å². The third-order valence-electron chi connectivity index (χ3n) is 4.93. The topological polar surface area (TPSA) is 71.5 Å². The Kier molecular flexibility index (Phi) is 3.58. The van der Waals surface area contributed by atoms with Gasteiger partial charge in [0.05, 0.1) is 6.04 Å². The van der Waals surface area contributed by atoms with Gasteiger partial charge in [0.15, 0.2) is 0 Å². The summed E-state index contributed by atoms with van der Waals surface area (Å²) < 4.78 is 33.6. The molecule has 3 aliphatic rings. The number of pyridine rings is 1. The number of sulfonamides is 1. The van der Waals surface area contributed by atoms with Crippen LogP contribution in [0.2, 0.25) is 0 Å². The van der Waals surface area contributed by atoms with E-state index >= 15 is 0 Å². The number of aromatic nitrogens is 1. The zero-order valence-electron chi connectivity index (χ0n) is 12.4. The first-order chi connectivity index (χ1) is 10.6. The van der Waals surface area contributed by atoms with E-state index in [0.717, 1.165) is 19.0 Å². The number of hydrogen-bond donors (Lipinski definition) is 1. The van der Waals surface area contributed by atoms with Crippen LogP contribution < -0.4 is 9.46 Å². The number of likely N-dealkylation sites (tertiary alicyclic amines) is 1. The predicted molar refractivity (Wildman–Crippen MR) is 81.2 cm³/mol. The van der Waals surface area contributed by atoms with Crippen LogP contribution in [0.15, 0.2) is 23.2 Å². The predicted octanol–water partition coefficient (Wildman–Crippen LogP) is 0.995. The van der Waals surface area contributed by atoms with Gasteiger partial charge in [-0.2, -0.15) is 0 Å². The normalized spacial score (nSPS) is 31.3. The van der Waals surface area contributed by atoms with E-state index in [1.807, 2.05) is 0 Å². The lowest BCUT2D eigenvalue weighted by molar-refractivity contribution is 0.173. The Balaban J connectivity index is 1.54. The van der Waals surface area contributed by atoms with E-state index < -0.39 is 10.0 Å². The molecule has 4 rings (SSSR count). The Hall–Kier alpha value is -1.18. The Labute approximate surface area is 130 Å². The first kappa shape index (κ1) is 14.4. The lowest BCUT2D eigenvalue weighted by Crippen LogP contribution is -2.42. The smallest absolute Gasteiger partial charge is 0.246 e. The summed E-state index contributed by atoms with van der Waals surface area (Å²) in [5.41, 5.74) is 0. The second-order valence-electron chi connectivity index (χ2n) is 6.56. The highest BCUT2D eigenvalue weighted by atomic mass is 32.2. The summed E-state index contributed by atoms with van der Waals surface area (Å²) in [7, 11) is -3.55. The minimum Gasteiger partial charge on any atom is -0.470 e. The molecule has 22 heavy (non-hydrogen) atoms. The monoisotopic (exact) mass is 323 g/mol. The standard InChI is InChI=1S/C15H21N3O3S/c19-22(20)14-6-3-7-16-15(14)21-13-10-18(9-12(13)17-22)8-11-4-1-2-5-11/h3,6-7,11-13,17H,1-2,4-5,8-10H2/t12-,13+/m1/s1. The van der Waals surface area contributed by atoms with Crippen molar-refractivity contribution in [1.29, 1.82) is 0 Å². The van der Waals surface area contributed by atoms with Crippen LogP contribution in [0, 0.1) is 5.92 Å². The van der Waals surface area contributed by atoms with Crippen molar-refractivity contribution in [2.45, 2.75) is 42.7 Å². The van der Waals surface area contributed by atoms with Crippen LogP contribution in [0.5, 0.6) is 5.88 Å². The van der Waals surface area contributed by atoms with Crippen LogP contribution in [0.25, 0.3) is 0 Å². The van der Waals surface area contributed by atoms with E-state index in [1.54, 1.807) is 18.3 Å². The van der Waals surface area contributed by atoms with Gasteiger partial charge in [-0.25, -0.2) is 18.1 Å². The van der Waals surface area contributed by atoms with Crippen LogP contribution in [-0.2, 0) is 10.0 Å². The molecule has 1 aromatic heterocycles. The molecule has 1 saturated carbocycles. The molecule has 3 heterocycles. The summed E-state index contributed by atoms with van der Waals surface area (Å²) in [4.78, 5) is 6.58. The Morgan fingerprint density at radius 3 is 2.95 bits per heavy atom. The van der Waals surface area contributed by atoms with Crippen LogP contribution >= 0.6 is 0 Å².